The van der Waals surface area contributed by atoms with Gasteiger partial charge in [0.25, 0.3) is 0 Å². The summed E-state index contributed by atoms with van der Waals surface area (Å²) in [5.41, 5.74) is 4.29. The predicted molar refractivity (Wildman–Crippen MR) is 146 cm³/mol. The number of aromatic amines is 1. The second kappa shape index (κ2) is 11.8. The minimum atomic E-state index is 0.180. The Kier molecular flexibility index (Phi) is 7.90. The first-order valence-electron chi connectivity index (χ1n) is 12.9. The Hall–Kier alpha value is -4.29. The molecular formula is C29H32N6O3. The monoisotopic (exact) mass is 512 g/mol. The van der Waals surface area contributed by atoms with Crippen LogP contribution in [0.2, 0.25) is 0 Å². The van der Waals surface area contributed by atoms with Crippen LogP contribution in [0.15, 0.2) is 54.7 Å². The molecule has 0 bridgehead atoms. The Labute approximate surface area is 222 Å². The average Bonchev–Trinajstić information content (AvgIpc) is 3.37. The topological polar surface area (TPSA) is 99.5 Å². The van der Waals surface area contributed by atoms with Crippen LogP contribution in [-0.2, 0) is 6.42 Å². The van der Waals surface area contributed by atoms with Gasteiger partial charge in [0, 0.05) is 49.0 Å². The standard InChI is InChI=1S/C29H32N6O3/c1-36-27-18-28(37-2)33-29(32-27)38-24-9-7-23(8-10-24)35-15-13-34(14-16-35)12-4-3-5-22-20-31-26-11-6-21(19-30)17-25(22)26/h6-11,17-18,20,31H,3-5,12-16H2,1-2H3. The zero-order valence-electron chi connectivity index (χ0n) is 21.8. The van der Waals surface area contributed by atoms with Crippen molar-refractivity contribution in [1.82, 2.24) is 19.9 Å². The molecule has 0 spiro atoms. The highest BCUT2D eigenvalue weighted by Crippen LogP contribution is 2.26. The summed E-state index contributed by atoms with van der Waals surface area (Å²) >= 11 is 0. The fourth-order valence-electron chi connectivity index (χ4n) is 4.80. The average molecular weight is 513 g/mol. The molecule has 9 nitrogen and oxygen atoms in total. The van der Waals surface area contributed by atoms with E-state index in [1.165, 1.54) is 30.9 Å². The van der Waals surface area contributed by atoms with Crippen LogP contribution >= 0.6 is 0 Å². The van der Waals surface area contributed by atoms with E-state index in [1.54, 1.807) is 6.07 Å². The van der Waals surface area contributed by atoms with Crippen molar-refractivity contribution < 1.29 is 14.2 Å². The van der Waals surface area contributed by atoms with Crippen LogP contribution in [0.1, 0.15) is 24.0 Å². The summed E-state index contributed by atoms with van der Waals surface area (Å²) in [4.78, 5) is 16.7. The fourth-order valence-corrected chi connectivity index (χ4v) is 4.80. The number of H-pyrrole nitrogens is 1. The highest BCUT2D eigenvalue weighted by Gasteiger charge is 2.17. The molecule has 0 saturated carbocycles. The molecule has 1 fully saturated rings. The maximum atomic E-state index is 9.19. The zero-order chi connectivity index (χ0) is 26.3. The Morgan fingerprint density at radius 1 is 0.921 bits per heavy atom. The Bertz CT molecular complexity index is 1380. The van der Waals surface area contributed by atoms with Crippen molar-refractivity contribution in [2.75, 3.05) is 51.8 Å². The third-order valence-electron chi connectivity index (χ3n) is 6.93. The number of anilines is 1. The number of benzene rings is 2. The van der Waals surface area contributed by atoms with Crippen LogP contribution < -0.4 is 19.1 Å². The molecule has 0 amide bonds. The molecule has 0 atom stereocenters. The number of ether oxygens (including phenoxy) is 3. The molecule has 0 radical (unpaired) electrons. The van der Waals surface area contributed by atoms with E-state index < -0.39 is 0 Å². The number of methoxy groups -OCH3 is 2. The Balaban J connectivity index is 1.07. The van der Waals surface area contributed by atoms with E-state index in [-0.39, 0.29) is 6.01 Å². The normalized spacial score (nSPS) is 13.9. The van der Waals surface area contributed by atoms with Crippen LogP contribution in [0.3, 0.4) is 0 Å². The van der Waals surface area contributed by atoms with Crippen LogP contribution in [0.25, 0.3) is 10.9 Å². The van der Waals surface area contributed by atoms with E-state index in [4.69, 9.17) is 14.2 Å². The van der Waals surface area contributed by atoms with Gasteiger partial charge in [-0.1, -0.05) is 0 Å². The van der Waals surface area contributed by atoms with E-state index in [1.807, 2.05) is 30.3 Å². The molecule has 2 aromatic carbocycles. The molecule has 9 heteroatoms. The first-order valence-corrected chi connectivity index (χ1v) is 12.9. The van der Waals surface area contributed by atoms with Crippen LogP contribution in [0, 0.1) is 11.3 Å². The third-order valence-corrected chi connectivity index (χ3v) is 6.93. The number of fused-ring (bicyclic) bond motifs is 1. The lowest BCUT2D eigenvalue weighted by molar-refractivity contribution is 0.253. The first-order chi connectivity index (χ1) is 18.6. The van der Waals surface area contributed by atoms with E-state index in [0.29, 0.717) is 23.1 Å². The number of rotatable bonds is 10. The number of unbranched alkanes of at least 4 members (excludes halogenated alkanes) is 1. The Morgan fingerprint density at radius 2 is 1.66 bits per heavy atom. The summed E-state index contributed by atoms with van der Waals surface area (Å²) < 4.78 is 16.2. The molecular weight excluding hydrogens is 480 g/mol. The lowest BCUT2D eigenvalue weighted by Gasteiger charge is -2.36. The minimum absolute atomic E-state index is 0.180. The maximum Gasteiger partial charge on any atom is 0.328 e. The van der Waals surface area contributed by atoms with Gasteiger partial charge in [-0.15, -0.1) is 0 Å². The maximum absolute atomic E-state index is 9.19. The molecule has 196 valence electrons. The van der Waals surface area contributed by atoms with Gasteiger partial charge in [0.05, 0.1) is 31.9 Å². The Morgan fingerprint density at radius 3 is 2.34 bits per heavy atom. The number of piperazine rings is 1. The van der Waals surface area contributed by atoms with Crippen molar-refractivity contribution in [1.29, 1.82) is 5.26 Å². The molecule has 2 aromatic heterocycles. The van der Waals surface area contributed by atoms with E-state index in [9.17, 15) is 5.26 Å². The van der Waals surface area contributed by atoms with Gasteiger partial charge in [0.2, 0.25) is 11.8 Å². The van der Waals surface area contributed by atoms with E-state index in [2.05, 4.69) is 49.2 Å². The molecule has 1 aliphatic heterocycles. The van der Waals surface area contributed by atoms with Crippen molar-refractivity contribution >= 4 is 16.6 Å². The summed E-state index contributed by atoms with van der Waals surface area (Å²) in [7, 11) is 3.08. The molecule has 5 rings (SSSR count). The molecule has 0 unspecified atom stereocenters. The molecule has 38 heavy (non-hydrogen) atoms. The number of hydrogen-bond donors (Lipinski definition) is 1. The number of aromatic nitrogens is 3. The summed E-state index contributed by atoms with van der Waals surface area (Å²) in [5.74, 6) is 1.42. The summed E-state index contributed by atoms with van der Waals surface area (Å²) in [6.45, 7) is 5.20. The van der Waals surface area contributed by atoms with E-state index in [0.717, 1.165) is 57.5 Å². The van der Waals surface area contributed by atoms with Crippen molar-refractivity contribution in [3.8, 4) is 29.6 Å². The minimum Gasteiger partial charge on any atom is -0.481 e. The summed E-state index contributed by atoms with van der Waals surface area (Å²) in [6, 6.07) is 17.9. The van der Waals surface area contributed by atoms with Crippen LogP contribution in [0.5, 0.6) is 23.5 Å². The quantitative estimate of drug-likeness (QED) is 0.303. The number of nitriles is 1. The SMILES string of the molecule is COc1cc(OC)nc(Oc2ccc(N3CCN(CCCCc4c[nH]c5ccc(C#N)cc45)CC3)cc2)n1. The van der Waals surface area contributed by atoms with Crippen molar-refractivity contribution in [2.24, 2.45) is 0 Å². The molecule has 1 N–H and O–H groups in total. The highest BCUT2D eigenvalue weighted by molar-refractivity contribution is 5.84. The van der Waals surface area contributed by atoms with E-state index >= 15 is 0 Å². The van der Waals surface area contributed by atoms with Gasteiger partial charge in [-0.2, -0.15) is 15.2 Å². The predicted octanol–water partition coefficient (Wildman–Crippen LogP) is 4.78. The van der Waals surface area contributed by atoms with Crippen LogP contribution in [0.4, 0.5) is 5.69 Å². The lowest BCUT2D eigenvalue weighted by atomic mass is 10.1. The second-order valence-corrected chi connectivity index (χ2v) is 9.30. The number of hydrogen-bond acceptors (Lipinski definition) is 8. The molecule has 4 aromatic rings. The summed E-state index contributed by atoms with van der Waals surface area (Å²) in [6.07, 6.45) is 5.40. The highest BCUT2D eigenvalue weighted by atomic mass is 16.5. The van der Waals surface area contributed by atoms with Gasteiger partial charge < -0.3 is 24.1 Å². The lowest BCUT2D eigenvalue weighted by Crippen LogP contribution is -2.46. The molecule has 1 aliphatic rings. The van der Waals surface area contributed by atoms with Gasteiger partial charge in [-0.05, 0) is 73.8 Å². The largest absolute Gasteiger partial charge is 0.481 e. The second-order valence-electron chi connectivity index (χ2n) is 9.30. The van der Waals surface area contributed by atoms with Gasteiger partial charge >= 0.3 is 6.01 Å². The van der Waals surface area contributed by atoms with Gasteiger partial charge in [0.1, 0.15) is 5.75 Å². The summed E-state index contributed by atoms with van der Waals surface area (Å²) in [5, 5.41) is 10.4. The number of nitrogens with zero attached hydrogens (tertiary/aromatic N) is 5. The smallest absolute Gasteiger partial charge is 0.328 e. The first kappa shape index (κ1) is 25.4. The molecule has 0 aliphatic carbocycles. The molecule has 1 saturated heterocycles. The number of aryl methyl sites for hydroxylation is 1. The van der Waals surface area contributed by atoms with Crippen molar-refractivity contribution in [3.05, 3.63) is 65.9 Å². The fraction of sp³-hybridized carbons (Fsp3) is 0.345. The van der Waals surface area contributed by atoms with Crippen LogP contribution in [-0.4, -0.2) is 66.8 Å². The van der Waals surface area contributed by atoms with Gasteiger partial charge in [-0.3, -0.25) is 4.90 Å². The number of nitrogens with one attached hydrogen (secondary N) is 1. The van der Waals surface area contributed by atoms with Crippen molar-refractivity contribution in [2.45, 2.75) is 19.3 Å². The molecule has 3 heterocycles. The third kappa shape index (κ3) is 5.98. The zero-order valence-corrected chi connectivity index (χ0v) is 21.8. The van der Waals surface area contributed by atoms with Crippen molar-refractivity contribution in [3.63, 3.8) is 0 Å². The van der Waals surface area contributed by atoms with Gasteiger partial charge in [0.15, 0.2) is 0 Å². The van der Waals surface area contributed by atoms with Gasteiger partial charge in [-0.25, -0.2) is 0 Å².